The zero-order valence-electron chi connectivity index (χ0n) is 11.6. The highest BCUT2D eigenvalue weighted by molar-refractivity contribution is 5.81. The molecular formula is C14H28N2O. The zero-order valence-corrected chi connectivity index (χ0v) is 11.6. The molecular weight excluding hydrogens is 212 g/mol. The fourth-order valence-corrected chi connectivity index (χ4v) is 2.49. The molecule has 0 bridgehead atoms. The van der Waals surface area contributed by atoms with Gasteiger partial charge in [-0.05, 0) is 44.6 Å². The van der Waals surface area contributed by atoms with Gasteiger partial charge >= 0.3 is 0 Å². The molecule has 1 saturated carbocycles. The van der Waals surface area contributed by atoms with Gasteiger partial charge in [0.05, 0.1) is 6.04 Å². The Morgan fingerprint density at radius 3 is 2.76 bits per heavy atom. The summed E-state index contributed by atoms with van der Waals surface area (Å²) >= 11 is 0. The van der Waals surface area contributed by atoms with E-state index >= 15 is 0 Å². The summed E-state index contributed by atoms with van der Waals surface area (Å²) in [5, 5.41) is 6.33. The minimum Gasteiger partial charge on any atom is -0.355 e. The van der Waals surface area contributed by atoms with Crippen LogP contribution in [-0.2, 0) is 4.79 Å². The SMILES string of the molecule is CCCCNC(=O)C(C)NCC1CCC(C)C1. The molecule has 0 radical (unpaired) electrons. The number of rotatable bonds is 7. The van der Waals surface area contributed by atoms with Crippen LogP contribution in [-0.4, -0.2) is 25.0 Å². The van der Waals surface area contributed by atoms with E-state index in [1.165, 1.54) is 19.3 Å². The van der Waals surface area contributed by atoms with E-state index in [-0.39, 0.29) is 11.9 Å². The van der Waals surface area contributed by atoms with Crippen LogP contribution in [0.15, 0.2) is 0 Å². The van der Waals surface area contributed by atoms with E-state index in [1.54, 1.807) is 0 Å². The summed E-state index contributed by atoms with van der Waals surface area (Å²) in [4.78, 5) is 11.7. The first-order valence-electron chi connectivity index (χ1n) is 7.14. The maximum absolute atomic E-state index is 11.7. The maximum Gasteiger partial charge on any atom is 0.236 e. The van der Waals surface area contributed by atoms with E-state index in [4.69, 9.17) is 0 Å². The van der Waals surface area contributed by atoms with E-state index < -0.39 is 0 Å². The lowest BCUT2D eigenvalue weighted by molar-refractivity contribution is -0.122. The molecule has 1 rings (SSSR count). The van der Waals surface area contributed by atoms with E-state index in [0.717, 1.165) is 37.8 Å². The number of carbonyl (C=O) groups excluding carboxylic acids is 1. The standard InChI is InChI=1S/C14H28N2O/c1-4-5-8-15-14(17)12(3)16-10-13-7-6-11(2)9-13/h11-13,16H,4-10H2,1-3H3,(H,15,17). The molecule has 3 atom stereocenters. The third-order valence-corrected chi connectivity index (χ3v) is 3.74. The van der Waals surface area contributed by atoms with Gasteiger partial charge in [-0.25, -0.2) is 0 Å². The summed E-state index contributed by atoms with van der Waals surface area (Å²) in [6.07, 6.45) is 6.18. The first kappa shape index (κ1) is 14.5. The second-order valence-corrected chi connectivity index (χ2v) is 5.56. The van der Waals surface area contributed by atoms with Crippen molar-refractivity contribution in [2.45, 2.75) is 58.9 Å². The highest BCUT2D eigenvalue weighted by Crippen LogP contribution is 2.29. The van der Waals surface area contributed by atoms with Gasteiger partial charge in [-0.15, -0.1) is 0 Å². The zero-order chi connectivity index (χ0) is 12.7. The molecule has 0 saturated heterocycles. The maximum atomic E-state index is 11.7. The van der Waals surface area contributed by atoms with Crippen LogP contribution in [0, 0.1) is 11.8 Å². The molecule has 3 unspecified atom stereocenters. The summed E-state index contributed by atoms with van der Waals surface area (Å²) in [7, 11) is 0. The number of hydrogen-bond donors (Lipinski definition) is 2. The largest absolute Gasteiger partial charge is 0.355 e. The van der Waals surface area contributed by atoms with E-state index in [0.29, 0.717) is 0 Å². The summed E-state index contributed by atoms with van der Waals surface area (Å²) in [5.74, 6) is 1.79. The molecule has 0 aromatic heterocycles. The summed E-state index contributed by atoms with van der Waals surface area (Å²) in [6.45, 7) is 8.21. The summed E-state index contributed by atoms with van der Waals surface area (Å²) in [5.41, 5.74) is 0. The average Bonchev–Trinajstić information content (AvgIpc) is 2.72. The van der Waals surface area contributed by atoms with E-state index in [1.807, 2.05) is 6.92 Å². The Morgan fingerprint density at radius 1 is 1.41 bits per heavy atom. The van der Waals surface area contributed by atoms with Crippen molar-refractivity contribution in [3.8, 4) is 0 Å². The number of amides is 1. The van der Waals surface area contributed by atoms with Gasteiger partial charge in [-0.2, -0.15) is 0 Å². The van der Waals surface area contributed by atoms with Gasteiger partial charge in [0.15, 0.2) is 0 Å². The molecule has 2 N–H and O–H groups in total. The Balaban J connectivity index is 2.11. The second-order valence-electron chi connectivity index (χ2n) is 5.56. The first-order valence-corrected chi connectivity index (χ1v) is 7.14. The van der Waals surface area contributed by atoms with Gasteiger partial charge in [0.25, 0.3) is 0 Å². The Morgan fingerprint density at radius 2 is 2.18 bits per heavy atom. The second kappa shape index (κ2) is 7.70. The number of nitrogens with one attached hydrogen (secondary N) is 2. The summed E-state index contributed by atoms with van der Waals surface area (Å²) < 4.78 is 0. The summed E-state index contributed by atoms with van der Waals surface area (Å²) in [6, 6.07) is -0.0530. The van der Waals surface area contributed by atoms with Crippen LogP contribution < -0.4 is 10.6 Å². The molecule has 0 heterocycles. The van der Waals surface area contributed by atoms with Gasteiger partial charge in [0.1, 0.15) is 0 Å². The van der Waals surface area contributed by atoms with Crippen molar-refractivity contribution in [2.75, 3.05) is 13.1 Å². The molecule has 0 aromatic carbocycles. The van der Waals surface area contributed by atoms with Crippen molar-refractivity contribution in [3.05, 3.63) is 0 Å². The van der Waals surface area contributed by atoms with Crippen molar-refractivity contribution in [2.24, 2.45) is 11.8 Å². The number of hydrogen-bond acceptors (Lipinski definition) is 2. The highest BCUT2D eigenvalue weighted by Gasteiger charge is 2.22. The monoisotopic (exact) mass is 240 g/mol. The van der Waals surface area contributed by atoms with Crippen LogP contribution in [0.1, 0.15) is 52.9 Å². The molecule has 0 aromatic rings. The van der Waals surface area contributed by atoms with Crippen molar-refractivity contribution < 1.29 is 4.79 Å². The highest BCUT2D eigenvalue weighted by atomic mass is 16.2. The molecule has 3 nitrogen and oxygen atoms in total. The Kier molecular flexibility index (Phi) is 6.56. The van der Waals surface area contributed by atoms with Crippen LogP contribution in [0.2, 0.25) is 0 Å². The van der Waals surface area contributed by atoms with Crippen LogP contribution in [0.5, 0.6) is 0 Å². The molecule has 1 amide bonds. The fraction of sp³-hybridized carbons (Fsp3) is 0.929. The molecule has 0 aliphatic heterocycles. The molecule has 0 spiro atoms. The first-order chi connectivity index (χ1) is 8.13. The topological polar surface area (TPSA) is 41.1 Å². The molecule has 17 heavy (non-hydrogen) atoms. The molecule has 1 aliphatic rings. The van der Waals surface area contributed by atoms with Crippen LogP contribution in [0.25, 0.3) is 0 Å². The van der Waals surface area contributed by atoms with Gasteiger partial charge < -0.3 is 10.6 Å². The van der Waals surface area contributed by atoms with Gasteiger partial charge in [-0.3, -0.25) is 4.79 Å². The lowest BCUT2D eigenvalue weighted by atomic mass is 10.1. The minimum atomic E-state index is -0.0530. The predicted molar refractivity (Wildman–Crippen MR) is 71.9 cm³/mol. The number of unbranched alkanes of at least 4 members (excludes halogenated alkanes) is 1. The Hall–Kier alpha value is -0.570. The Labute approximate surface area is 106 Å². The van der Waals surface area contributed by atoms with Crippen molar-refractivity contribution >= 4 is 5.91 Å². The minimum absolute atomic E-state index is 0.0530. The van der Waals surface area contributed by atoms with Crippen LogP contribution in [0.3, 0.4) is 0 Å². The third-order valence-electron chi connectivity index (χ3n) is 3.74. The predicted octanol–water partition coefficient (Wildman–Crippen LogP) is 2.32. The lowest BCUT2D eigenvalue weighted by Gasteiger charge is -2.17. The smallest absolute Gasteiger partial charge is 0.236 e. The third kappa shape index (κ3) is 5.53. The van der Waals surface area contributed by atoms with Gasteiger partial charge in [0.2, 0.25) is 5.91 Å². The normalized spacial score (nSPS) is 25.8. The average molecular weight is 240 g/mol. The molecule has 1 aliphatic carbocycles. The lowest BCUT2D eigenvalue weighted by Crippen LogP contribution is -2.43. The quantitative estimate of drug-likeness (QED) is 0.671. The van der Waals surface area contributed by atoms with Crippen molar-refractivity contribution in [1.82, 2.24) is 10.6 Å². The van der Waals surface area contributed by atoms with Crippen molar-refractivity contribution in [1.29, 1.82) is 0 Å². The molecule has 1 fully saturated rings. The molecule has 3 heteroatoms. The van der Waals surface area contributed by atoms with Crippen LogP contribution in [0.4, 0.5) is 0 Å². The van der Waals surface area contributed by atoms with Crippen molar-refractivity contribution in [3.63, 3.8) is 0 Å². The van der Waals surface area contributed by atoms with E-state index in [2.05, 4.69) is 24.5 Å². The fourth-order valence-electron chi connectivity index (χ4n) is 2.49. The number of carbonyl (C=O) groups is 1. The van der Waals surface area contributed by atoms with E-state index in [9.17, 15) is 4.79 Å². The Bertz CT molecular complexity index is 230. The van der Waals surface area contributed by atoms with Gasteiger partial charge in [0, 0.05) is 6.54 Å². The van der Waals surface area contributed by atoms with Crippen LogP contribution >= 0.6 is 0 Å². The molecule has 100 valence electrons. The van der Waals surface area contributed by atoms with Gasteiger partial charge in [-0.1, -0.05) is 26.7 Å².